The number of aromatic amines is 1. The van der Waals surface area contributed by atoms with Gasteiger partial charge in [-0.15, -0.1) is 9.78 Å². The first-order valence-electron chi connectivity index (χ1n) is 12.3. The van der Waals surface area contributed by atoms with Crippen LogP contribution < -0.4 is 21.5 Å². The number of nitrogens with one attached hydrogen (secondary N) is 3. The highest BCUT2D eigenvalue weighted by atomic mass is 19.4. The highest BCUT2D eigenvalue weighted by molar-refractivity contribution is 5.95. The molecular weight excluding hydrogens is 583 g/mol. The molecule has 2 heterocycles. The molecule has 17 heteroatoms. The number of anilines is 1. The predicted octanol–water partition coefficient (Wildman–Crippen LogP) is 3.52. The number of aromatic nitrogens is 5. The van der Waals surface area contributed by atoms with Gasteiger partial charge in [0.1, 0.15) is 25.2 Å². The number of nitrogens with zero attached hydrogens (tertiary/aromatic N) is 4. The normalized spacial score (nSPS) is 11.7. The number of amidine groups is 1. The summed E-state index contributed by atoms with van der Waals surface area (Å²) in [6.45, 7) is 0.817. The van der Waals surface area contributed by atoms with Crippen LogP contribution in [-0.2, 0) is 11.2 Å². The van der Waals surface area contributed by atoms with Crippen LogP contribution in [0, 0.1) is 11.2 Å². The zero-order chi connectivity index (χ0) is 31.7. The van der Waals surface area contributed by atoms with Gasteiger partial charge in [-0.2, -0.15) is 13.2 Å². The number of alkyl halides is 4. The quantitative estimate of drug-likeness (QED) is 0.102. The fourth-order valence-electron chi connectivity index (χ4n) is 3.56. The Hall–Kier alpha value is -5.35. The highest BCUT2D eigenvalue weighted by Gasteiger charge is 2.38. The summed E-state index contributed by atoms with van der Waals surface area (Å²) in [6, 6.07) is 10.4. The van der Waals surface area contributed by atoms with E-state index in [1.165, 1.54) is 18.5 Å². The van der Waals surface area contributed by atoms with E-state index in [0.717, 1.165) is 10.2 Å². The van der Waals surface area contributed by atoms with Crippen LogP contribution in [0.15, 0.2) is 59.7 Å². The molecule has 0 fully saturated rings. The number of carbonyl (C=O) groups is 1. The lowest BCUT2D eigenvalue weighted by atomic mass is 10.00. The first-order valence-corrected chi connectivity index (χ1v) is 12.3. The molecule has 1 unspecified atom stereocenters. The standard InChI is InChI=1S/C24H24F2N8O2.C2HF3O2/c1-2-14-12-17(19(26)18(13-14)36-11-8-25)20(31-16-6-4-15(5-7-16)21(27)28)22-32-24(35)34(33-22)23-29-9-3-10-30-23;3-2(4,5)1(6)7/h3-7,9-10,12-13,20,31H,2,8,11H2,1H3,(H3,27,28)(H,32,33,35);(H,6,7). The molecule has 4 aromatic rings. The first kappa shape index (κ1) is 32.2. The number of aliphatic carboxylic acids is 1. The molecule has 6 N–H and O–H groups in total. The Bertz CT molecular complexity index is 1610. The number of halogens is 5. The van der Waals surface area contributed by atoms with E-state index in [4.69, 9.17) is 25.8 Å². The summed E-state index contributed by atoms with van der Waals surface area (Å²) in [4.78, 5) is 32.3. The number of rotatable bonds is 10. The summed E-state index contributed by atoms with van der Waals surface area (Å²) in [6.07, 6.45) is -1.59. The van der Waals surface area contributed by atoms with Gasteiger partial charge in [0.25, 0.3) is 5.95 Å². The number of benzene rings is 2. The average Bonchev–Trinajstić information content (AvgIpc) is 3.37. The SMILES string of the molecule is CCc1cc(OCCF)c(F)c(C(Nc2ccc(C(=N)N)cc2)c2nn(-c3ncccn3)c(=O)[nH]2)c1.O=C(O)C(F)(F)F. The van der Waals surface area contributed by atoms with E-state index < -0.39 is 36.4 Å². The number of carboxylic acids is 1. The molecule has 43 heavy (non-hydrogen) atoms. The molecule has 0 saturated heterocycles. The summed E-state index contributed by atoms with van der Waals surface area (Å²) in [7, 11) is 0. The number of carboxylic acid groups (broad SMARTS) is 1. The molecule has 0 amide bonds. The molecule has 12 nitrogen and oxygen atoms in total. The lowest BCUT2D eigenvalue weighted by molar-refractivity contribution is -0.192. The van der Waals surface area contributed by atoms with Crippen LogP contribution in [0.25, 0.3) is 5.95 Å². The maximum absolute atomic E-state index is 15.7. The number of hydrogen-bond donors (Lipinski definition) is 5. The molecule has 2 aromatic heterocycles. The maximum Gasteiger partial charge on any atom is 0.490 e. The summed E-state index contributed by atoms with van der Waals surface area (Å²) >= 11 is 0. The Morgan fingerprint density at radius 2 is 1.84 bits per heavy atom. The minimum atomic E-state index is -5.08. The summed E-state index contributed by atoms with van der Waals surface area (Å²) in [5.74, 6) is -3.54. The van der Waals surface area contributed by atoms with Gasteiger partial charge in [-0.05, 0) is 48.4 Å². The van der Waals surface area contributed by atoms with Gasteiger partial charge in [0.15, 0.2) is 17.4 Å². The Morgan fingerprint density at radius 1 is 1.21 bits per heavy atom. The van der Waals surface area contributed by atoms with Crippen molar-refractivity contribution in [2.24, 2.45) is 5.73 Å². The third-order valence-corrected chi connectivity index (χ3v) is 5.58. The first-order chi connectivity index (χ1) is 20.3. The van der Waals surface area contributed by atoms with Crippen LogP contribution in [0.5, 0.6) is 5.75 Å². The highest BCUT2D eigenvalue weighted by Crippen LogP contribution is 2.32. The lowest BCUT2D eigenvalue weighted by Gasteiger charge is -2.21. The van der Waals surface area contributed by atoms with Gasteiger partial charge in [0.2, 0.25) is 0 Å². The van der Waals surface area contributed by atoms with Crippen molar-refractivity contribution >= 4 is 17.5 Å². The van der Waals surface area contributed by atoms with E-state index in [-0.39, 0.29) is 35.5 Å². The number of H-pyrrole nitrogens is 1. The smallest absolute Gasteiger partial charge is 0.488 e. The molecule has 0 aliphatic heterocycles. The maximum atomic E-state index is 15.7. The van der Waals surface area contributed by atoms with Crippen LogP contribution in [0.3, 0.4) is 0 Å². The van der Waals surface area contributed by atoms with E-state index in [2.05, 4.69) is 25.4 Å². The second-order valence-corrected chi connectivity index (χ2v) is 8.54. The van der Waals surface area contributed by atoms with Crippen molar-refractivity contribution in [3.8, 4) is 11.7 Å². The third-order valence-electron chi connectivity index (χ3n) is 5.58. The van der Waals surface area contributed by atoms with Gasteiger partial charge >= 0.3 is 17.8 Å². The lowest BCUT2D eigenvalue weighted by Crippen LogP contribution is -2.21. The van der Waals surface area contributed by atoms with Crippen molar-refractivity contribution in [3.63, 3.8) is 0 Å². The Morgan fingerprint density at radius 3 is 2.37 bits per heavy atom. The second kappa shape index (κ2) is 14.0. The van der Waals surface area contributed by atoms with Crippen LogP contribution in [0.2, 0.25) is 0 Å². The van der Waals surface area contributed by atoms with Crippen molar-refractivity contribution in [3.05, 3.63) is 93.7 Å². The molecule has 0 radical (unpaired) electrons. The van der Waals surface area contributed by atoms with Gasteiger partial charge in [0.05, 0.1) is 0 Å². The van der Waals surface area contributed by atoms with Crippen molar-refractivity contribution in [2.45, 2.75) is 25.6 Å². The zero-order valence-corrected chi connectivity index (χ0v) is 22.3. The van der Waals surface area contributed by atoms with E-state index in [0.29, 0.717) is 17.7 Å². The van der Waals surface area contributed by atoms with Crippen molar-refractivity contribution in [1.29, 1.82) is 5.41 Å². The third kappa shape index (κ3) is 8.34. The van der Waals surface area contributed by atoms with Gasteiger partial charge in [0, 0.05) is 29.2 Å². The molecule has 0 spiro atoms. The predicted molar refractivity (Wildman–Crippen MR) is 144 cm³/mol. The van der Waals surface area contributed by atoms with E-state index in [1.807, 2.05) is 6.92 Å². The molecule has 2 aromatic carbocycles. The molecular formula is C26H25F5N8O4. The minimum Gasteiger partial charge on any atom is -0.488 e. The van der Waals surface area contributed by atoms with Crippen LogP contribution in [-0.4, -0.2) is 61.1 Å². The molecule has 0 aliphatic rings. The molecule has 228 valence electrons. The topological polar surface area (TPSA) is 185 Å². The van der Waals surface area contributed by atoms with Gasteiger partial charge in [-0.25, -0.2) is 28.3 Å². The monoisotopic (exact) mass is 608 g/mol. The molecule has 0 saturated carbocycles. The fourth-order valence-corrected chi connectivity index (χ4v) is 3.56. The van der Waals surface area contributed by atoms with Crippen molar-refractivity contribution < 1.29 is 36.6 Å². The van der Waals surface area contributed by atoms with Crippen LogP contribution in [0.4, 0.5) is 27.6 Å². The van der Waals surface area contributed by atoms with E-state index >= 15 is 4.39 Å². The van der Waals surface area contributed by atoms with Gasteiger partial charge < -0.3 is 20.9 Å². The largest absolute Gasteiger partial charge is 0.490 e. The number of aryl methyl sites for hydroxylation is 1. The summed E-state index contributed by atoms with van der Waals surface area (Å²) in [5.41, 5.74) is 6.86. The Balaban J connectivity index is 0.000000646. The number of ether oxygens (including phenoxy) is 1. The minimum absolute atomic E-state index is 0.0457. The molecule has 1 atom stereocenters. The van der Waals surface area contributed by atoms with Crippen molar-refractivity contribution in [2.75, 3.05) is 18.6 Å². The van der Waals surface area contributed by atoms with Crippen molar-refractivity contribution in [1.82, 2.24) is 24.7 Å². The van der Waals surface area contributed by atoms with E-state index in [1.54, 1.807) is 36.4 Å². The summed E-state index contributed by atoms with van der Waals surface area (Å²) < 4.78 is 66.4. The van der Waals surface area contributed by atoms with Gasteiger partial charge in [-0.3, -0.25) is 10.4 Å². The summed E-state index contributed by atoms with van der Waals surface area (Å²) in [5, 5.41) is 22.2. The molecule has 0 bridgehead atoms. The second-order valence-electron chi connectivity index (χ2n) is 8.54. The Labute approximate surface area is 239 Å². The zero-order valence-electron chi connectivity index (χ0n) is 22.3. The average molecular weight is 609 g/mol. The molecule has 0 aliphatic carbocycles. The molecule has 4 rings (SSSR count). The Kier molecular flexibility index (Phi) is 10.5. The number of nitrogens with two attached hydrogens (primary N) is 1. The van der Waals surface area contributed by atoms with E-state index in [9.17, 15) is 22.4 Å². The fraction of sp³-hybridized carbons (Fsp3) is 0.231. The van der Waals surface area contributed by atoms with Gasteiger partial charge in [-0.1, -0.05) is 13.0 Å². The number of hydrogen-bond acceptors (Lipinski definition) is 8. The number of nitrogen functional groups attached to an aromatic ring is 1. The van der Waals surface area contributed by atoms with Crippen LogP contribution in [0.1, 0.15) is 35.5 Å². The van der Waals surface area contributed by atoms with Crippen LogP contribution >= 0.6 is 0 Å².